The number of hydrogen-bond acceptors (Lipinski definition) is 4. The first-order chi connectivity index (χ1) is 13.3. The molecule has 0 saturated carbocycles. The van der Waals surface area contributed by atoms with Gasteiger partial charge in [-0.3, -0.25) is 0 Å². The molecule has 7 heteroatoms. The second-order valence-corrected chi connectivity index (χ2v) is 8.89. The molecule has 0 aliphatic heterocycles. The molecule has 3 aromatic carbocycles. The molecule has 0 saturated heterocycles. The molecule has 0 spiro atoms. The quantitative estimate of drug-likeness (QED) is 0.285. The van der Waals surface area contributed by atoms with Crippen LogP contribution >= 0.6 is 43.1 Å². The van der Waals surface area contributed by atoms with Crippen molar-refractivity contribution >= 4 is 63.8 Å². The molecular formula is C20H14Cl2N2NiS2. The molecule has 140 valence electrons. The van der Waals surface area contributed by atoms with Crippen molar-refractivity contribution in [3.8, 4) is 0 Å². The molecule has 0 aliphatic carbocycles. The third-order valence-corrected chi connectivity index (χ3v) is 5.79. The Kier molecular flexibility index (Phi) is 8.06. The van der Waals surface area contributed by atoms with Crippen LogP contribution in [0.1, 0.15) is 0 Å². The second kappa shape index (κ2) is 10.7. The summed E-state index contributed by atoms with van der Waals surface area (Å²) in [6.45, 7) is 0. The van der Waals surface area contributed by atoms with Crippen LogP contribution in [-0.2, 0) is 12.7 Å². The van der Waals surface area contributed by atoms with Crippen LogP contribution in [0.4, 0.5) is 11.4 Å². The molecule has 4 aromatic rings. The summed E-state index contributed by atoms with van der Waals surface area (Å²) in [5.74, 6) is 0. The Bertz CT molecular complexity index is 1040. The number of nitrogens with zero attached hydrogens (tertiary/aromatic N) is 2. The van der Waals surface area contributed by atoms with E-state index in [2.05, 4.69) is 24.3 Å². The molecule has 27 heavy (non-hydrogen) atoms. The maximum atomic E-state index is 4.82. The summed E-state index contributed by atoms with van der Waals surface area (Å²) in [6, 6.07) is 28.4. The van der Waals surface area contributed by atoms with Gasteiger partial charge in [0.2, 0.25) is 0 Å². The van der Waals surface area contributed by atoms with Gasteiger partial charge in [0.1, 0.15) is 0 Å². The van der Waals surface area contributed by atoms with Crippen molar-refractivity contribution in [2.45, 2.75) is 0 Å². The number of rotatable bonds is 2. The zero-order valence-corrected chi connectivity index (χ0v) is 18.0. The number of halogens is 2. The fourth-order valence-electron chi connectivity index (χ4n) is 2.30. The number of fused-ring (bicyclic) bond motifs is 1. The molecular weight excluding hydrogens is 462 g/mol. The molecule has 0 N–H and O–H groups in total. The van der Waals surface area contributed by atoms with Crippen molar-refractivity contribution in [2.24, 2.45) is 9.98 Å². The smallest absolute Gasteiger partial charge is 0.153 e. The summed E-state index contributed by atoms with van der Waals surface area (Å²) < 4.78 is 4.33. The normalized spacial score (nSPS) is 12.1. The van der Waals surface area contributed by atoms with Gasteiger partial charge in [0.25, 0.3) is 0 Å². The van der Waals surface area contributed by atoms with Crippen LogP contribution in [0.3, 0.4) is 0 Å². The molecule has 2 nitrogen and oxygen atoms in total. The van der Waals surface area contributed by atoms with Crippen molar-refractivity contribution in [3.05, 3.63) is 94.3 Å². The van der Waals surface area contributed by atoms with Gasteiger partial charge in [-0.1, -0.05) is 48.5 Å². The first kappa shape index (κ1) is 20.3. The van der Waals surface area contributed by atoms with Crippen LogP contribution in [0.2, 0.25) is 0 Å². The van der Waals surface area contributed by atoms with E-state index in [1.54, 1.807) is 22.7 Å². The Morgan fingerprint density at radius 2 is 0.889 bits per heavy atom. The molecule has 4 rings (SSSR count). The standard InChI is InChI=1S/C20H14N2S2.2ClH.Ni/c1-3-9-15(10-4-1)21-19-20(22-16-11-5-2-6-12-16)24-18-14-8-7-13-17(18)23-19;;;/h1-14H;2*1H;/q;;;+2/p-2. The van der Waals surface area contributed by atoms with Gasteiger partial charge in [0.05, 0.1) is 11.4 Å². The fourth-order valence-corrected chi connectivity index (χ4v) is 4.41. The van der Waals surface area contributed by atoms with Crippen LogP contribution in [0.15, 0.2) is 94.9 Å². The molecule has 0 amide bonds. The number of hydrogen-bond donors (Lipinski definition) is 0. The second-order valence-electron chi connectivity index (χ2n) is 5.20. The minimum Gasteiger partial charge on any atom is -0.235 e. The summed E-state index contributed by atoms with van der Waals surface area (Å²) in [7, 11) is 9.40. The maximum Gasteiger partial charge on any atom is 0.153 e. The molecule has 0 unspecified atom stereocenters. The van der Waals surface area contributed by atoms with Gasteiger partial charge < -0.3 is 0 Å². The summed E-state index contributed by atoms with van der Waals surface area (Å²) in [5.41, 5.74) is 1.89. The van der Waals surface area contributed by atoms with E-state index in [0.29, 0.717) is 12.7 Å². The van der Waals surface area contributed by atoms with Gasteiger partial charge in [-0.25, -0.2) is 9.98 Å². The molecule has 0 aliphatic rings. The predicted molar refractivity (Wildman–Crippen MR) is 115 cm³/mol. The first-order valence-electron chi connectivity index (χ1n) is 7.85. The predicted octanol–water partition coefficient (Wildman–Crippen LogP) is 6.80. The van der Waals surface area contributed by atoms with Crippen LogP contribution in [0, 0.1) is 0 Å². The number of benzene rings is 3. The van der Waals surface area contributed by atoms with Crippen molar-refractivity contribution in [1.29, 1.82) is 0 Å². The van der Waals surface area contributed by atoms with Crippen molar-refractivity contribution in [2.75, 3.05) is 0 Å². The average Bonchev–Trinajstić information content (AvgIpc) is 2.71. The van der Waals surface area contributed by atoms with E-state index in [0.717, 1.165) is 20.7 Å². The van der Waals surface area contributed by atoms with Gasteiger partial charge in [-0.05, 0) is 36.4 Å². The molecule has 0 radical (unpaired) electrons. The maximum absolute atomic E-state index is 4.82. The third kappa shape index (κ3) is 6.00. The van der Waals surface area contributed by atoms with E-state index in [9.17, 15) is 0 Å². The Morgan fingerprint density at radius 1 is 0.556 bits per heavy atom. The summed E-state index contributed by atoms with van der Waals surface area (Å²) in [5, 5.41) is 0. The SMILES string of the molecule is [Cl][Ni][Cl].c1ccc(N=c2sc3ccccc3sc2=Nc2ccccc2)cc1. The molecule has 0 fully saturated rings. The third-order valence-electron chi connectivity index (χ3n) is 3.42. The largest absolute Gasteiger partial charge is 0.235 e. The average molecular weight is 476 g/mol. The Morgan fingerprint density at radius 3 is 1.26 bits per heavy atom. The van der Waals surface area contributed by atoms with E-state index >= 15 is 0 Å². The monoisotopic (exact) mass is 474 g/mol. The Labute approximate surface area is 179 Å². The van der Waals surface area contributed by atoms with Gasteiger partial charge in [-0.15, -0.1) is 22.7 Å². The van der Waals surface area contributed by atoms with Crippen molar-refractivity contribution in [1.82, 2.24) is 0 Å². The Balaban J connectivity index is 0.000000659. The summed E-state index contributed by atoms with van der Waals surface area (Å²) >= 11 is 3.92. The van der Waals surface area contributed by atoms with Gasteiger partial charge in [0.15, 0.2) is 9.34 Å². The number of para-hydroxylation sites is 2. The minimum absolute atomic E-state index is 0.569. The van der Waals surface area contributed by atoms with Crippen LogP contribution in [0.25, 0.3) is 9.40 Å². The van der Waals surface area contributed by atoms with Crippen molar-refractivity contribution < 1.29 is 12.7 Å². The van der Waals surface area contributed by atoms with Crippen molar-refractivity contribution in [3.63, 3.8) is 0 Å². The summed E-state index contributed by atoms with van der Waals surface area (Å²) in [6.07, 6.45) is 0. The van der Waals surface area contributed by atoms with E-state index in [1.807, 2.05) is 60.7 Å². The van der Waals surface area contributed by atoms with Gasteiger partial charge >= 0.3 is 33.0 Å². The van der Waals surface area contributed by atoms with Crippen LogP contribution in [-0.4, -0.2) is 0 Å². The van der Waals surface area contributed by atoms with E-state index in [4.69, 9.17) is 30.4 Å². The van der Waals surface area contributed by atoms with Crippen LogP contribution < -0.4 is 9.34 Å². The zero-order valence-electron chi connectivity index (χ0n) is 13.9. The minimum atomic E-state index is 0.569. The van der Waals surface area contributed by atoms with E-state index in [1.165, 1.54) is 9.40 Å². The van der Waals surface area contributed by atoms with Gasteiger partial charge in [0, 0.05) is 9.40 Å². The zero-order chi connectivity index (χ0) is 18.9. The topological polar surface area (TPSA) is 24.7 Å². The molecule has 1 aromatic heterocycles. The van der Waals surface area contributed by atoms with E-state index in [-0.39, 0.29) is 0 Å². The molecule has 0 atom stereocenters. The summed E-state index contributed by atoms with van der Waals surface area (Å²) in [4.78, 5) is 9.65. The molecule has 0 bridgehead atoms. The Hall–Kier alpha value is -1.49. The van der Waals surface area contributed by atoms with Crippen LogP contribution in [0.5, 0.6) is 0 Å². The van der Waals surface area contributed by atoms with E-state index < -0.39 is 0 Å². The van der Waals surface area contributed by atoms with Gasteiger partial charge in [-0.2, -0.15) is 0 Å². The first-order valence-corrected chi connectivity index (χ1v) is 12.2. The molecule has 1 heterocycles. The fraction of sp³-hybridized carbons (Fsp3) is 0.